The average Bonchev–Trinajstić information content (AvgIpc) is 2.33. The van der Waals surface area contributed by atoms with Crippen LogP contribution < -0.4 is 4.90 Å². The van der Waals surface area contributed by atoms with Crippen molar-refractivity contribution in [3.8, 4) is 0 Å². The standard InChI is InChI=1S/C14H23BrClN3/c1-11(2)10-19(6-5-18(3)4)14-12(8-16)7-13(15)9-17-14/h7,9,11H,5-6,8,10H2,1-4H3. The molecule has 1 aromatic heterocycles. The molecule has 0 bridgehead atoms. The van der Waals surface area contributed by atoms with Crippen LogP contribution in [0.15, 0.2) is 16.7 Å². The summed E-state index contributed by atoms with van der Waals surface area (Å²) in [7, 11) is 4.18. The van der Waals surface area contributed by atoms with Crippen molar-refractivity contribution >= 4 is 33.3 Å². The summed E-state index contributed by atoms with van der Waals surface area (Å²) in [6.45, 7) is 7.41. The fourth-order valence-electron chi connectivity index (χ4n) is 1.90. The van der Waals surface area contributed by atoms with Crippen molar-refractivity contribution in [3.05, 3.63) is 22.3 Å². The minimum absolute atomic E-state index is 0.484. The molecule has 1 heterocycles. The SMILES string of the molecule is CC(C)CN(CCN(C)C)c1ncc(Br)cc1CCl. The zero-order chi connectivity index (χ0) is 14.4. The van der Waals surface area contributed by atoms with E-state index < -0.39 is 0 Å². The lowest BCUT2D eigenvalue weighted by atomic mass is 10.2. The molecular weight excluding hydrogens is 326 g/mol. The number of hydrogen-bond donors (Lipinski definition) is 0. The molecule has 0 N–H and O–H groups in total. The molecule has 108 valence electrons. The smallest absolute Gasteiger partial charge is 0.133 e. The molecule has 0 aromatic carbocycles. The molecule has 0 fully saturated rings. The van der Waals surface area contributed by atoms with E-state index in [1.807, 2.05) is 6.20 Å². The number of rotatable bonds is 7. The van der Waals surface area contributed by atoms with Gasteiger partial charge in [-0.05, 0) is 42.0 Å². The lowest BCUT2D eigenvalue weighted by Gasteiger charge is -2.28. The Morgan fingerprint density at radius 3 is 2.53 bits per heavy atom. The molecule has 0 saturated carbocycles. The fraction of sp³-hybridized carbons (Fsp3) is 0.643. The van der Waals surface area contributed by atoms with E-state index in [0.717, 1.165) is 35.5 Å². The lowest BCUT2D eigenvalue weighted by molar-refractivity contribution is 0.408. The summed E-state index contributed by atoms with van der Waals surface area (Å²) in [5.74, 6) is 2.09. The summed E-state index contributed by atoms with van der Waals surface area (Å²) in [4.78, 5) is 9.07. The molecule has 5 heteroatoms. The molecule has 3 nitrogen and oxygen atoms in total. The van der Waals surface area contributed by atoms with E-state index in [-0.39, 0.29) is 0 Å². The maximum Gasteiger partial charge on any atom is 0.133 e. The van der Waals surface area contributed by atoms with Gasteiger partial charge in [0.2, 0.25) is 0 Å². The van der Waals surface area contributed by atoms with Crippen molar-refractivity contribution in [2.75, 3.05) is 38.6 Å². The van der Waals surface area contributed by atoms with Gasteiger partial charge in [0.25, 0.3) is 0 Å². The number of aromatic nitrogens is 1. The van der Waals surface area contributed by atoms with Gasteiger partial charge in [-0.3, -0.25) is 0 Å². The molecular formula is C14H23BrClN3. The normalized spacial score (nSPS) is 11.4. The zero-order valence-electron chi connectivity index (χ0n) is 12.2. The molecule has 19 heavy (non-hydrogen) atoms. The summed E-state index contributed by atoms with van der Waals surface area (Å²) in [6.07, 6.45) is 1.84. The minimum Gasteiger partial charge on any atom is -0.355 e. The van der Waals surface area contributed by atoms with Crippen LogP contribution in [0.2, 0.25) is 0 Å². The van der Waals surface area contributed by atoms with Crippen LogP contribution >= 0.6 is 27.5 Å². The van der Waals surface area contributed by atoms with Gasteiger partial charge < -0.3 is 9.80 Å². The second-order valence-electron chi connectivity index (χ2n) is 5.41. The van der Waals surface area contributed by atoms with E-state index in [0.29, 0.717) is 11.8 Å². The van der Waals surface area contributed by atoms with Crippen molar-refractivity contribution in [1.82, 2.24) is 9.88 Å². The number of alkyl halides is 1. The molecule has 0 aliphatic rings. The second-order valence-corrected chi connectivity index (χ2v) is 6.60. The molecule has 0 atom stereocenters. The molecule has 0 radical (unpaired) electrons. The minimum atomic E-state index is 0.484. The third kappa shape index (κ3) is 5.67. The lowest BCUT2D eigenvalue weighted by Crippen LogP contribution is -2.35. The Kier molecular flexibility index (Phi) is 7.11. The van der Waals surface area contributed by atoms with Crippen LogP contribution in [0.4, 0.5) is 5.82 Å². The molecule has 0 aliphatic carbocycles. The summed E-state index contributed by atoms with van der Waals surface area (Å²) < 4.78 is 0.976. The Hall–Kier alpha value is -0.320. The van der Waals surface area contributed by atoms with Crippen LogP contribution in [-0.4, -0.2) is 43.6 Å². The monoisotopic (exact) mass is 347 g/mol. The molecule has 0 amide bonds. The first-order chi connectivity index (χ1) is 8.93. The van der Waals surface area contributed by atoms with Crippen LogP contribution in [0.25, 0.3) is 0 Å². The Balaban J connectivity index is 2.95. The van der Waals surface area contributed by atoms with Crippen LogP contribution in [0.1, 0.15) is 19.4 Å². The second kappa shape index (κ2) is 8.08. The van der Waals surface area contributed by atoms with Crippen LogP contribution in [0, 0.1) is 5.92 Å². The van der Waals surface area contributed by atoms with Gasteiger partial charge in [0.1, 0.15) is 5.82 Å². The van der Waals surface area contributed by atoms with Gasteiger partial charge in [0.15, 0.2) is 0 Å². The van der Waals surface area contributed by atoms with E-state index in [4.69, 9.17) is 11.6 Å². The average molecular weight is 349 g/mol. The van der Waals surface area contributed by atoms with Gasteiger partial charge in [-0.2, -0.15) is 0 Å². The highest BCUT2D eigenvalue weighted by atomic mass is 79.9. The van der Waals surface area contributed by atoms with Gasteiger partial charge in [-0.25, -0.2) is 4.98 Å². The van der Waals surface area contributed by atoms with E-state index in [9.17, 15) is 0 Å². The van der Waals surface area contributed by atoms with Crippen LogP contribution in [-0.2, 0) is 5.88 Å². The number of pyridine rings is 1. The van der Waals surface area contributed by atoms with E-state index in [1.54, 1.807) is 0 Å². The van der Waals surface area contributed by atoms with Crippen molar-refractivity contribution in [2.45, 2.75) is 19.7 Å². The van der Waals surface area contributed by atoms with Gasteiger partial charge in [-0.1, -0.05) is 13.8 Å². The van der Waals surface area contributed by atoms with Crippen molar-refractivity contribution in [2.24, 2.45) is 5.92 Å². The van der Waals surface area contributed by atoms with E-state index in [1.165, 1.54) is 0 Å². The largest absolute Gasteiger partial charge is 0.355 e. The first kappa shape index (κ1) is 16.7. The third-order valence-corrected chi connectivity index (χ3v) is 3.48. The van der Waals surface area contributed by atoms with Crippen LogP contribution in [0.3, 0.4) is 0 Å². The number of nitrogens with zero attached hydrogens (tertiary/aromatic N) is 3. The Morgan fingerprint density at radius 2 is 2.00 bits per heavy atom. The van der Waals surface area contributed by atoms with Gasteiger partial charge in [-0.15, -0.1) is 11.6 Å². The van der Waals surface area contributed by atoms with Gasteiger partial charge in [0, 0.05) is 35.9 Å². The Bertz CT molecular complexity index is 396. The maximum absolute atomic E-state index is 6.05. The highest BCUT2D eigenvalue weighted by molar-refractivity contribution is 9.10. The quantitative estimate of drug-likeness (QED) is 0.702. The first-order valence-electron chi connectivity index (χ1n) is 6.54. The van der Waals surface area contributed by atoms with Crippen molar-refractivity contribution in [3.63, 3.8) is 0 Å². The predicted octanol–water partition coefficient (Wildman–Crippen LogP) is 3.61. The maximum atomic E-state index is 6.05. The number of anilines is 1. The van der Waals surface area contributed by atoms with E-state index >= 15 is 0 Å². The molecule has 0 spiro atoms. The molecule has 1 aromatic rings. The van der Waals surface area contributed by atoms with E-state index in [2.05, 4.69) is 64.7 Å². The van der Waals surface area contributed by atoms with Gasteiger partial charge in [0.05, 0.1) is 5.88 Å². The number of likely N-dealkylation sites (N-methyl/N-ethyl adjacent to an activating group) is 1. The van der Waals surface area contributed by atoms with Crippen LogP contribution in [0.5, 0.6) is 0 Å². The highest BCUT2D eigenvalue weighted by Gasteiger charge is 2.14. The summed E-state index contributed by atoms with van der Waals surface area (Å²) in [5.41, 5.74) is 1.08. The van der Waals surface area contributed by atoms with Crippen molar-refractivity contribution in [1.29, 1.82) is 0 Å². The Morgan fingerprint density at radius 1 is 1.32 bits per heavy atom. The fourth-order valence-corrected chi connectivity index (χ4v) is 2.48. The molecule has 0 unspecified atom stereocenters. The predicted molar refractivity (Wildman–Crippen MR) is 87.1 cm³/mol. The molecule has 0 saturated heterocycles. The zero-order valence-corrected chi connectivity index (χ0v) is 14.5. The molecule has 0 aliphatic heterocycles. The Labute approximate surface area is 130 Å². The first-order valence-corrected chi connectivity index (χ1v) is 7.86. The number of hydrogen-bond acceptors (Lipinski definition) is 3. The summed E-state index contributed by atoms with van der Waals surface area (Å²) in [5, 5.41) is 0. The van der Waals surface area contributed by atoms with Crippen molar-refractivity contribution < 1.29 is 0 Å². The number of halogens is 2. The molecule has 1 rings (SSSR count). The van der Waals surface area contributed by atoms with Gasteiger partial charge >= 0.3 is 0 Å². The topological polar surface area (TPSA) is 19.4 Å². The third-order valence-electron chi connectivity index (χ3n) is 2.76. The highest BCUT2D eigenvalue weighted by Crippen LogP contribution is 2.24. The summed E-state index contributed by atoms with van der Waals surface area (Å²) >= 11 is 9.50. The summed E-state index contributed by atoms with van der Waals surface area (Å²) in [6, 6.07) is 2.05.